The molecule has 1 fully saturated rings. The minimum absolute atomic E-state index is 0.116. The molecule has 2 atom stereocenters. The quantitative estimate of drug-likeness (QED) is 0.434. The minimum Gasteiger partial charge on any atom is -0.459 e. The molecule has 17 heavy (non-hydrogen) atoms. The topological polar surface area (TPSA) is 29.5 Å². The average Bonchev–Trinajstić information content (AvgIpc) is 1.94. The highest BCUT2D eigenvalue weighted by Crippen LogP contribution is 2.38. The van der Waals surface area contributed by atoms with Crippen LogP contribution in [0.15, 0.2) is 0 Å². The molecular weight excluding hydrogens is 329 g/mol. The van der Waals surface area contributed by atoms with Crippen LogP contribution in [0.1, 0.15) is 41.5 Å². The molecule has 1 aliphatic rings. The molecule has 0 radical (unpaired) electrons. The number of hydrogen-bond donors (Lipinski definition) is 0. The SMILES string of the molecule is CC(C)(C)OC(=O)CN1CC(I)C1C(C)(C)C. The number of esters is 1. The zero-order chi connectivity index (χ0) is 13.4. The van der Waals surface area contributed by atoms with Gasteiger partial charge in [0.15, 0.2) is 0 Å². The van der Waals surface area contributed by atoms with Gasteiger partial charge in [0.05, 0.1) is 6.54 Å². The van der Waals surface area contributed by atoms with Crippen LogP contribution in [0.2, 0.25) is 0 Å². The molecule has 1 aliphatic heterocycles. The third kappa shape index (κ3) is 4.39. The number of hydrogen-bond acceptors (Lipinski definition) is 3. The van der Waals surface area contributed by atoms with Crippen LogP contribution >= 0.6 is 22.6 Å². The molecule has 0 saturated carbocycles. The molecule has 0 bridgehead atoms. The Morgan fingerprint density at radius 2 is 1.82 bits per heavy atom. The Morgan fingerprint density at radius 3 is 2.18 bits per heavy atom. The first-order chi connectivity index (χ1) is 7.50. The molecular formula is C13H24INO2. The van der Waals surface area contributed by atoms with E-state index in [1.807, 2.05) is 20.8 Å². The lowest BCUT2D eigenvalue weighted by molar-refractivity contribution is -0.159. The van der Waals surface area contributed by atoms with E-state index in [4.69, 9.17) is 4.74 Å². The van der Waals surface area contributed by atoms with Crippen LogP contribution < -0.4 is 0 Å². The molecule has 1 saturated heterocycles. The van der Waals surface area contributed by atoms with E-state index in [-0.39, 0.29) is 17.0 Å². The van der Waals surface area contributed by atoms with Crippen LogP contribution in [-0.4, -0.2) is 39.5 Å². The van der Waals surface area contributed by atoms with Crippen LogP contribution in [0.25, 0.3) is 0 Å². The predicted molar refractivity (Wildman–Crippen MR) is 78.5 cm³/mol. The molecule has 0 N–H and O–H groups in total. The number of carbonyl (C=O) groups is 1. The molecule has 100 valence electrons. The fourth-order valence-corrected chi connectivity index (χ4v) is 4.36. The maximum absolute atomic E-state index is 11.8. The van der Waals surface area contributed by atoms with Crippen molar-refractivity contribution in [2.24, 2.45) is 5.41 Å². The lowest BCUT2D eigenvalue weighted by atomic mass is 9.79. The molecule has 0 amide bonds. The molecule has 1 rings (SSSR count). The van der Waals surface area contributed by atoms with Gasteiger partial charge in [-0.25, -0.2) is 0 Å². The molecule has 3 nitrogen and oxygen atoms in total. The van der Waals surface area contributed by atoms with Crippen molar-refractivity contribution in [3.8, 4) is 0 Å². The van der Waals surface area contributed by atoms with Gasteiger partial charge in [0.1, 0.15) is 5.60 Å². The second-order valence-electron chi connectivity index (χ2n) is 6.84. The molecule has 1 heterocycles. The van der Waals surface area contributed by atoms with Crippen molar-refractivity contribution < 1.29 is 9.53 Å². The smallest absolute Gasteiger partial charge is 0.320 e. The van der Waals surface area contributed by atoms with Crippen molar-refractivity contribution in [2.75, 3.05) is 13.1 Å². The standard InChI is InChI=1S/C13H24INO2/c1-12(2,3)11-9(14)7-15(11)8-10(16)17-13(4,5)6/h9,11H,7-8H2,1-6H3. The van der Waals surface area contributed by atoms with Crippen molar-refractivity contribution in [1.82, 2.24) is 4.90 Å². The molecule has 0 aliphatic carbocycles. The maximum atomic E-state index is 11.8. The molecule has 2 unspecified atom stereocenters. The summed E-state index contributed by atoms with van der Waals surface area (Å²) in [4.78, 5) is 14.0. The van der Waals surface area contributed by atoms with Gasteiger partial charge in [-0.15, -0.1) is 0 Å². The summed E-state index contributed by atoms with van der Waals surface area (Å²) in [6.45, 7) is 13.8. The summed E-state index contributed by atoms with van der Waals surface area (Å²) in [5.41, 5.74) is -0.172. The van der Waals surface area contributed by atoms with E-state index in [9.17, 15) is 4.79 Å². The Labute approximate surface area is 118 Å². The average molecular weight is 353 g/mol. The summed E-state index contributed by atoms with van der Waals surface area (Å²) in [6, 6.07) is 0.468. The van der Waals surface area contributed by atoms with Crippen LogP contribution in [0.5, 0.6) is 0 Å². The van der Waals surface area contributed by atoms with Crippen LogP contribution in [0.3, 0.4) is 0 Å². The van der Waals surface area contributed by atoms with E-state index in [1.54, 1.807) is 0 Å². The third-order valence-corrected chi connectivity index (χ3v) is 3.86. The van der Waals surface area contributed by atoms with E-state index >= 15 is 0 Å². The van der Waals surface area contributed by atoms with Crippen molar-refractivity contribution in [2.45, 2.75) is 57.1 Å². The first-order valence-electron chi connectivity index (χ1n) is 6.11. The van der Waals surface area contributed by atoms with Crippen LogP contribution in [-0.2, 0) is 9.53 Å². The second-order valence-corrected chi connectivity index (χ2v) is 8.44. The monoisotopic (exact) mass is 353 g/mol. The number of halogens is 1. The Kier molecular flexibility index (Phi) is 4.51. The Balaban J connectivity index is 2.51. The van der Waals surface area contributed by atoms with Gasteiger partial charge in [-0.1, -0.05) is 43.4 Å². The van der Waals surface area contributed by atoms with Gasteiger partial charge in [-0.2, -0.15) is 0 Å². The fraction of sp³-hybridized carbons (Fsp3) is 0.923. The van der Waals surface area contributed by atoms with E-state index in [0.29, 0.717) is 16.5 Å². The van der Waals surface area contributed by atoms with Gasteiger partial charge in [0.25, 0.3) is 0 Å². The zero-order valence-corrected chi connectivity index (χ0v) is 13.9. The summed E-state index contributed by atoms with van der Waals surface area (Å²) in [7, 11) is 0. The Bertz CT molecular complexity index is 291. The molecule has 0 aromatic carbocycles. The predicted octanol–water partition coefficient (Wildman–Crippen LogP) is 2.86. The summed E-state index contributed by atoms with van der Waals surface area (Å²) in [5, 5.41) is 0. The maximum Gasteiger partial charge on any atom is 0.320 e. The molecule has 0 aromatic heterocycles. The number of likely N-dealkylation sites (tertiary alicyclic amines) is 1. The highest BCUT2D eigenvalue weighted by Gasteiger charge is 2.45. The van der Waals surface area contributed by atoms with Gasteiger partial charge in [-0.3, -0.25) is 9.69 Å². The number of ether oxygens (including phenoxy) is 1. The third-order valence-electron chi connectivity index (χ3n) is 2.78. The summed E-state index contributed by atoms with van der Waals surface area (Å²) < 4.78 is 5.99. The number of carbonyl (C=O) groups excluding carboxylic acids is 1. The van der Waals surface area contributed by atoms with E-state index < -0.39 is 0 Å². The highest BCUT2D eigenvalue weighted by atomic mass is 127. The first-order valence-corrected chi connectivity index (χ1v) is 7.35. The van der Waals surface area contributed by atoms with E-state index in [2.05, 4.69) is 48.3 Å². The zero-order valence-electron chi connectivity index (χ0n) is 11.7. The van der Waals surface area contributed by atoms with E-state index in [0.717, 1.165) is 6.54 Å². The molecule has 4 heteroatoms. The molecule has 0 spiro atoms. The number of rotatable bonds is 2. The minimum atomic E-state index is -0.386. The lowest BCUT2D eigenvalue weighted by Gasteiger charge is -2.51. The van der Waals surface area contributed by atoms with Crippen molar-refractivity contribution in [3.05, 3.63) is 0 Å². The Morgan fingerprint density at radius 1 is 1.29 bits per heavy atom. The van der Waals surface area contributed by atoms with Crippen LogP contribution in [0.4, 0.5) is 0 Å². The van der Waals surface area contributed by atoms with E-state index in [1.165, 1.54) is 0 Å². The van der Waals surface area contributed by atoms with Gasteiger partial charge in [0, 0.05) is 16.5 Å². The summed E-state index contributed by atoms with van der Waals surface area (Å²) in [5.74, 6) is -0.116. The first kappa shape index (κ1) is 15.2. The fourth-order valence-electron chi connectivity index (χ4n) is 2.32. The number of alkyl halides is 1. The van der Waals surface area contributed by atoms with Crippen LogP contribution in [0, 0.1) is 5.41 Å². The second kappa shape index (κ2) is 5.03. The lowest BCUT2D eigenvalue weighted by Crippen LogP contribution is -2.64. The summed E-state index contributed by atoms with van der Waals surface area (Å²) >= 11 is 2.48. The highest BCUT2D eigenvalue weighted by molar-refractivity contribution is 14.1. The largest absolute Gasteiger partial charge is 0.459 e. The van der Waals surface area contributed by atoms with Crippen molar-refractivity contribution >= 4 is 28.6 Å². The molecule has 0 aromatic rings. The number of nitrogens with zero attached hydrogens (tertiary/aromatic N) is 1. The van der Waals surface area contributed by atoms with Gasteiger partial charge in [0.2, 0.25) is 0 Å². The van der Waals surface area contributed by atoms with Crippen molar-refractivity contribution in [3.63, 3.8) is 0 Å². The van der Waals surface area contributed by atoms with Crippen molar-refractivity contribution in [1.29, 1.82) is 0 Å². The van der Waals surface area contributed by atoms with Gasteiger partial charge in [-0.05, 0) is 26.2 Å². The summed E-state index contributed by atoms with van der Waals surface area (Å²) in [6.07, 6.45) is 0. The van der Waals surface area contributed by atoms with Gasteiger partial charge >= 0.3 is 5.97 Å². The normalized spacial score (nSPS) is 26.5. The Hall–Kier alpha value is 0.160. The van der Waals surface area contributed by atoms with Gasteiger partial charge < -0.3 is 4.74 Å².